The van der Waals surface area contributed by atoms with Gasteiger partial charge in [0.2, 0.25) is 0 Å². The summed E-state index contributed by atoms with van der Waals surface area (Å²) < 4.78 is 6.95. The van der Waals surface area contributed by atoms with Gasteiger partial charge in [0, 0.05) is 39.9 Å². The number of carbonyl (C=O) groups excluding carboxylic acids is 2. The van der Waals surface area contributed by atoms with Gasteiger partial charge in [-0.1, -0.05) is 0 Å². The normalized spacial score (nSPS) is 17.2. The van der Waals surface area contributed by atoms with E-state index in [0.717, 1.165) is 63.9 Å². The van der Waals surface area contributed by atoms with Gasteiger partial charge in [0.05, 0.1) is 5.69 Å². The molecule has 0 unspecified atom stereocenters. The highest BCUT2D eigenvalue weighted by Crippen LogP contribution is 2.23. The van der Waals surface area contributed by atoms with Gasteiger partial charge >= 0.3 is 0 Å². The number of nitrogens with one attached hydrogen (secondary N) is 1. The second-order valence-corrected chi connectivity index (χ2v) is 6.79. The highest BCUT2D eigenvalue weighted by atomic mass is 16.5. The molecule has 0 spiro atoms. The Bertz CT molecular complexity index is 620. The number of hydrogen-bond donors (Lipinski definition) is 1. The summed E-state index contributed by atoms with van der Waals surface area (Å²) in [7, 11) is 1.64. The van der Waals surface area contributed by atoms with Crippen LogP contribution in [0.2, 0.25) is 0 Å². The Hall–Kier alpha value is -1.89. The number of carbonyl (C=O) groups is 2. The van der Waals surface area contributed by atoms with Gasteiger partial charge in [-0.05, 0) is 44.9 Å². The number of ether oxygens (including phenoxy) is 1. The molecule has 3 heterocycles. The fourth-order valence-corrected chi connectivity index (χ4v) is 3.63. The van der Waals surface area contributed by atoms with E-state index in [-0.39, 0.29) is 11.8 Å². The summed E-state index contributed by atoms with van der Waals surface area (Å²) >= 11 is 0. The lowest BCUT2D eigenvalue weighted by Crippen LogP contribution is -2.36. The Kier molecular flexibility index (Phi) is 6.07. The maximum absolute atomic E-state index is 12.9. The first-order valence-electron chi connectivity index (χ1n) is 9.38. The van der Waals surface area contributed by atoms with Crippen LogP contribution >= 0.6 is 0 Å². The molecule has 1 saturated heterocycles. The molecule has 0 atom stereocenters. The molecule has 2 aliphatic heterocycles. The van der Waals surface area contributed by atoms with Gasteiger partial charge in [-0.15, -0.1) is 0 Å². The van der Waals surface area contributed by atoms with Crippen LogP contribution in [0.1, 0.15) is 65.3 Å². The van der Waals surface area contributed by atoms with Crippen molar-refractivity contribution in [3.05, 3.63) is 17.2 Å². The standard InChI is InChI=1S/C18H28N4O3/c1-25-13-7-9-19-17(23)16-20-15(14-8-3-6-12-22(14)16)18(24)21-10-4-2-5-11-21/h2-13H2,1H3,(H,19,23). The van der Waals surface area contributed by atoms with E-state index in [2.05, 4.69) is 10.3 Å². The van der Waals surface area contributed by atoms with E-state index < -0.39 is 0 Å². The number of fused-ring (bicyclic) bond motifs is 1. The van der Waals surface area contributed by atoms with Crippen molar-refractivity contribution in [3.63, 3.8) is 0 Å². The molecule has 3 rings (SSSR count). The molecule has 138 valence electrons. The van der Waals surface area contributed by atoms with Gasteiger partial charge in [0.1, 0.15) is 5.69 Å². The van der Waals surface area contributed by atoms with Crippen LogP contribution in [0.4, 0.5) is 0 Å². The zero-order chi connectivity index (χ0) is 17.6. The minimum atomic E-state index is -0.197. The van der Waals surface area contributed by atoms with Crippen molar-refractivity contribution in [1.29, 1.82) is 0 Å². The summed E-state index contributed by atoms with van der Waals surface area (Å²) in [6.07, 6.45) is 6.92. The summed E-state index contributed by atoms with van der Waals surface area (Å²) in [6, 6.07) is 0. The highest BCUT2D eigenvalue weighted by Gasteiger charge is 2.30. The molecule has 0 aliphatic carbocycles. The van der Waals surface area contributed by atoms with Crippen LogP contribution in [0.15, 0.2) is 0 Å². The number of nitrogens with zero attached hydrogens (tertiary/aromatic N) is 3. The van der Waals surface area contributed by atoms with Crippen molar-refractivity contribution in [1.82, 2.24) is 19.8 Å². The molecule has 2 aliphatic rings. The van der Waals surface area contributed by atoms with Gasteiger partial charge in [0.25, 0.3) is 11.8 Å². The lowest BCUT2D eigenvalue weighted by Gasteiger charge is -2.26. The lowest BCUT2D eigenvalue weighted by molar-refractivity contribution is 0.0717. The second-order valence-electron chi connectivity index (χ2n) is 6.79. The molecule has 0 aromatic carbocycles. The topological polar surface area (TPSA) is 76.5 Å². The van der Waals surface area contributed by atoms with Crippen LogP contribution in [-0.2, 0) is 17.7 Å². The molecule has 7 heteroatoms. The SMILES string of the molecule is COCCCNC(=O)c1nc(C(=O)N2CCCCC2)c2n1CCCC2. The van der Waals surface area contributed by atoms with Crippen molar-refractivity contribution in [2.24, 2.45) is 0 Å². The van der Waals surface area contributed by atoms with Crippen molar-refractivity contribution in [3.8, 4) is 0 Å². The molecule has 0 radical (unpaired) electrons. The fourth-order valence-electron chi connectivity index (χ4n) is 3.63. The Morgan fingerprint density at radius 3 is 2.64 bits per heavy atom. The lowest BCUT2D eigenvalue weighted by atomic mass is 10.1. The minimum absolute atomic E-state index is 0.0104. The molecule has 1 aromatic heterocycles. The second kappa shape index (κ2) is 8.47. The first-order valence-corrected chi connectivity index (χ1v) is 9.38. The average molecular weight is 348 g/mol. The number of amides is 2. The van der Waals surface area contributed by atoms with Crippen molar-refractivity contribution < 1.29 is 14.3 Å². The molecular formula is C18H28N4O3. The monoisotopic (exact) mass is 348 g/mol. The summed E-state index contributed by atoms with van der Waals surface area (Å²) in [6.45, 7) is 3.51. The predicted molar refractivity (Wildman–Crippen MR) is 93.7 cm³/mol. The predicted octanol–water partition coefficient (Wildman–Crippen LogP) is 1.61. The maximum atomic E-state index is 12.9. The van der Waals surface area contributed by atoms with Crippen LogP contribution in [0.25, 0.3) is 0 Å². The van der Waals surface area contributed by atoms with Gasteiger partial charge in [-0.2, -0.15) is 0 Å². The summed E-state index contributed by atoms with van der Waals surface area (Å²) in [4.78, 5) is 31.8. The van der Waals surface area contributed by atoms with Crippen LogP contribution in [0, 0.1) is 0 Å². The highest BCUT2D eigenvalue weighted by molar-refractivity contribution is 5.97. The minimum Gasteiger partial charge on any atom is -0.385 e. The van der Waals surface area contributed by atoms with Gasteiger partial charge in [0.15, 0.2) is 5.82 Å². The molecule has 25 heavy (non-hydrogen) atoms. The Morgan fingerprint density at radius 2 is 1.88 bits per heavy atom. The van der Waals surface area contributed by atoms with E-state index in [1.165, 1.54) is 6.42 Å². The van der Waals surface area contributed by atoms with Crippen molar-refractivity contribution in [2.75, 3.05) is 33.4 Å². The molecule has 0 saturated carbocycles. The van der Waals surface area contributed by atoms with Crippen LogP contribution in [-0.4, -0.2) is 59.6 Å². The first-order chi connectivity index (χ1) is 12.2. The van der Waals surface area contributed by atoms with E-state index in [0.29, 0.717) is 24.7 Å². The molecule has 1 N–H and O–H groups in total. The molecule has 1 aromatic rings. The summed E-state index contributed by atoms with van der Waals surface area (Å²) in [5, 5.41) is 2.89. The number of hydrogen-bond acceptors (Lipinski definition) is 4. The van der Waals surface area contributed by atoms with E-state index in [4.69, 9.17) is 4.74 Å². The van der Waals surface area contributed by atoms with E-state index in [9.17, 15) is 9.59 Å². The number of methoxy groups -OCH3 is 1. The molecule has 7 nitrogen and oxygen atoms in total. The third-order valence-electron chi connectivity index (χ3n) is 4.98. The zero-order valence-corrected chi connectivity index (χ0v) is 15.1. The zero-order valence-electron chi connectivity index (χ0n) is 15.1. The van der Waals surface area contributed by atoms with Crippen molar-refractivity contribution in [2.45, 2.75) is 51.5 Å². The van der Waals surface area contributed by atoms with E-state index in [1.807, 2.05) is 9.47 Å². The first kappa shape index (κ1) is 17.9. The van der Waals surface area contributed by atoms with Crippen LogP contribution < -0.4 is 5.32 Å². The number of imidazole rings is 1. The van der Waals surface area contributed by atoms with Crippen LogP contribution in [0.5, 0.6) is 0 Å². The van der Waals surface area contributed by atoms with E-state index >= 15 is 0 Å². The Morgan fingerprint density at radius 1 is 1.12 bits per heavy atom. The third kappa shape index (κ3) is 4.03. The average Bonchev–Trinajstić information content (AvgIpc) is 3.05. The van der Waals surface area contributed by atoms with Gasteiger partial charge < -0.3 is 19.5 Å². The quantitative estimate of drug-likeness (QED) is 0.793. The summed E-state index contributed by atoms with van der Waals surface area (Å²) in [5.41, 5.74) is 1.42. The number of likely N-dealkylation sites (tertiary alicyclic amines) is 1. The number of piperidine rings is 1. The molecule has 1 fully saturated rings. The summed E-state index contributed by atoms with van der Waals surface area (Å²) in [5.74, 6) is 0.174. The Balaban J connectivity index is 1.78. The van der Waals surface area contributed by atoms with E-state index in [1.54, 1.807) is 7.11 Å². The fraction of sp³-hybridized carbons (Fsp3) is 0.722. The molecule has 2 amide bonds. The Labute approximate surface area is 148 Å². The molecule has 0 bridgehead atoms. The molecular weight excluding hydrogens is 320 g/mol. The van der Waals surface area contributed by atoms with Gasteiger partial charge in [-0.25, -0.2) is 4.98 Å². The largest absolute Gasteiger partial charge is 0.385 e. The third-order valence-corrected chi connectivity index (χ3v) is 4.98. The maximum Gasteiger partial charge on any atom is 0.287 e. The number of aromatic nitrogens is 2. The van der Waals surface area contributed by atoms with Crippen molar-refractivity contribution >= 4 is 11.8 Å². The van der Waals surface area contributed by atoms with Crippen LogP contribution in [0.3, 0.4) is 0 Å². The number of rotatable bonds is 6. The smallest absolute Gasteiger partial charge is 0.287 e. The van der Waals surface area contributed by atoms with Gasteiger partial charge in [-0.3, -0.25) is 9.59 Å².